The van der Waals surface area contributed by atoms with E-state index in [9.17, 15) is 4.79 Å². The molecule has 1 amide bonds. The molecule has 0 saturated heterocycles. The first-order valence-corrected chi connectivity index (χ1v) is 6.80. The summed E-state index contributed by atoms with van der Waals surface area (Å²) in [6.07, 6.45) is 3.12. The lowest BCUT2D eigenvalue weighted by Gasteiger charge is -2.37. The minimum absolute atomic E-state index is 0.0366. The van der Waals surface area contributed by atoms with Crippen LogP contribution in [0.15, 0.2) is 18.2 Å². The third-order valence-corrected chi connectivity index (χ3v) is 3.74. The molecule has 0 aromatic heterocycles. The number of aliphatic hydroxyl groups is 1. The van der Waals surface area contributed by atoms with Crippen molar-refractivity contribution in [2.24, 2.45) is 0 Å². The normalized spacial score (nSPS) is 14.9. The van der Waals surface area contributed by atoms with Gasteiger partial charge in [-0.15, -0.1) is 0 Å². The van der Waals surface area contributed by atoms with Crippen LogP contribution >= 0.6 is 11.6 Å². The molecule has 1 fully saturated rings. The molecule has 2 rings (SSSR count). The number of ether oxygens (including phenoxy) is 1. The second-order valence-electron chi connectivity index (χ2n) is 4.65. The van der Waals surface area contributed by atoms with Gasteiger partial charge in [0.15, 0.2) is 0 Å². The molecular formula is C14H18ClNO3. The fourth-order valence-corrected chi connectivity index (χ4v) is 2.43. The van der Waals surface area contributed by atoms with Gasteiger partial charge in [0.2, 0.25) is 0 Å². The van der Waals surface area contributed by atoms with Crippen molar-refractivity contribution < 1.29 is 14.6 Å². The van der Waals surface area contributed by atoms with E-state index in [1.54, 1.807) is 23.1 Å². The van der Waals surface area contributed by atoms with Crippen molar-refractivity contribution in [3.8, 4) is 5.75 Å². The molecule has 19 heavy (non-hydrogen) atoms. The summed E-state index contributed by atoms with van der Waals surface area (Å²) in [7, 11) is 1.53. The Morgan fingerprint density at radius 1 is 1.53 bits per heavy atom. The highest BCUT2D eigenvalue weighted by atomic mass is 35.5. The summed E-state index contributed by atoms with van der Waals surface area (Å²) in [5, 5.41) is 9.63. The maximum atomic E-state index is 12.6. The SMILES string of the molecule is COc1ccc(Cl)cc1C(=O)N(CCO)C1CCC1. The Morgan fingerprint density at radius 3 is 2.79 bits per heavy atom. The Balaban J connectivity index is 2.27. The van der Waals surface area contributed by atoms with E-state index in [2.05, 4.69) is 0 Å². The molecule has 1 aliphatic rings. The van der Waals surface area contributed by atoms with E-state index < -0.39 is 0 Å². The van der Waals surface area contributed by atoms with E-state index >= 15 is 0 Å². The maximum absolute atomic E-state index is 12.6. The molecule has 104 valence electrons. The third-order valence-electron chi connectivity index (χ3n) is 3.51. The zero-order valence-electron chi connectivity index (χ0n) is 10.9. The van der Waals surface area contributed by atoms with Gasteiger partial charge in [0.1, 0.15) is 5.75 Å². The number of hydrogen-bond donors (Lipinski definition) is 1. The van der Waals surface area contributed by atoms with Gasteiger partial charge in [0.25, 0.3) is 5.91 Å². The monoisotopic (exact) mass is 283 g/mol. The highest BCUT2D eigenvalue weighted by molar-refractivity contribution is 6.31. The molecule has 1 aromatic rings. The number of halogens is 1. The third kappa shape index (κ3) is 3.01. The van der Waals surface area contributed by atoms with Crippen LogP contribution in [0.25, 0.3) is 0 Å². The summed E-state index contributed by atoms with van der Waals surface area (Å²) in [5.74, 6) is 0.384. The lowest BCUT2D eigenvalue weighted by Crippen LogP contribution is -2.45. The van der Waals surface area contributed by atoms with E-state index in [1.165, 1.54) is 7.11 Å². The first-order chi connectivity index (χ1) is 9.17. The van der Waals surface area contributed by atoms with Crippen molar-refractivity contribution in [2.45, 2.75) is 25.3 Å². The molecular weight excluding hydrogens is 266 g/mol. The summed E-state index contributed by atoms with van der Waals surface area (Å²) in [4.78, 5) is 14.3. The Kier molecular flexibility index (Phi) is 4.66. The quantitative estimate of drug-likeness (QED) is 0.902. The molecule has 0 aliphatic heterocycles. The maximum Gasteiger partial charge on any atom is 0.258 e. The molecule has 1 N–H and O–H groups in total. The minimum atomic E-state index is -0.127. The summed E-state index contributed by atoms with van der Waals surface area (Å²) in [6, 6.07) is 5.22. The Morgan fingerprint density at radius 2 is 2.26 bits per heavy atom. The molecule has 4 nitrogen and oxygen atoms in total. The topological polar surface area (TPSA) is 49.8 Å². The van der Waals surface area contributed by atoms with Crippen LogP contribution < -0.4 is 4.74 Å². The molecule has 0 heterocycles. The molecule has 5 heteroatoms. The van der Waals surface area contributed by atoms with Gasteiger partial charge in [-0.1, -0.05) is 11.6 Å². The van der Waals surface area contributed by atoms with Gasteiger partial charge >= 0.3 is 0 Å². The van der Waals surface area contributed by atoms with Crippen LogP contribution in [0.4, 0.5) is 0 Å². The van der Waals surface area contributed by atoms with Gasteiger partial charge in [-0.25, -0.2) is 0 Å². The average molecular weight is 284 g/mol. The first-order valence-electron chi connectivity index (χ1n) is 6.42. The van der Waals surface area contributed by atoms with Crippen LogP contribution in [0.2, 0.25) is 5.02 Å². The zero-order chi connectivity index (χ0) is 13.8. The Bertz CT molecular complexity index is 460. The van der Waals surface area contributed by atoms with Crippen molar-refractivity contribution in [2.75, 3.05) is 20.3 Å². The van der Waals surface area contributed by atoms with Crippen LogP contribution in [0, 0.1) is 0 Å². The molecule has 1 aliphatic carbocycles. The molecule has 1 saturated carbocycles. The lowest BCUT2D eigenvalue weighted by molar-refractivity contribution is 0.0522. The van der Waals surface area contributed by atoms with Crippen LogP contribution in [-0.2, 0) is 0 Å². The Hall–Kier alpha value is -1.26. The van der Waals surface area contributed by atoms with Crippen molar-refractivity contribution in [1.29, 1.82) is 0 Å². The smallest absolute Gasteiger partial charge is 0.258 e. The molecule has 0 atom stereocenters. The van der Waals surface area contributed by atoms with Crippen molar-refractivity contribution >= 4 is 17.5 Å². The Labute approximate surface area is 117 Å². The zero-order valence-corrected chi connectivity index (χ0v) is 11.7. The largest absolute Gasteiger partial charge is 0.496 e. The van der Waals surface area contributed by atoms with E-state index in [0.717, 1.165) is 19.3 Å². The van der Waals surface area contributed by atoms with Crippen molar-refractivity contribution in [3.05, 3.63) is 28.8 Å². The minimum Gasteiger partial charge on any atom is -0.496 e. The predicted molar refractivity (Wildman–Crippen MR) is 73.8 cm³/mol. The molecule has 0 unspecified atom stereocenters. The van der Waals surface area contributed by atoms with Gasteiger partial charge in [0, 0.05) is 17.6 Å². The number of rotatable bonds is 5. The summed E-state index contributed by atoms with van der Waals surface area (Å²) in [6.45, 7) is 0.310. The molecule has 0 radical (unpaired) electrons. The number of benzene rings is 1. The van der Waals surface area contributed by atoms with Crippen LogP contribution in [0.1, 0.15) is 29.6 Å². The van der Waals surface area contributed by atoms with E-state index in [1.807, 2.05) is 0 Å². The predicted octanol–water partition coefficient (Wildman–Crippen LogP) is 2.34. The second kappa shape index (κ2) is 6.26. The van der Waals surface area contributed by atoms with E-state index in [4.69, 9.17) is 21.4 Å². The molecule has 0 bridgehead atoms. The van der Waals surface area contributed by atoms with Gasteiger partial charge in [-0.2, -0.15) is 0 Å². The summed E-state index contributed by atoms with van der Waals surface area (Å²) in [5.41, 5.74) is 0.454. The van der Waals surface area contributed by atoms with Gasteiger partial charge in [-0.3, -0.25) is 4.79 Å². The number of carbonyl (C=O) groups is 1. The van der Waals surface area contributed by atoms with Crippen LogP contribution in [0.3, 0.4) is 0 Å². The number of amides is 1. The van der Waals surface area contributed by atoms with Gasteiger partial charge < -0.3 is 14.7 Å². The fourth-order valence-electron chi connectivity index (χ4n) is 2.26. The summed E-state index contributed by atoms with van der Waals surface area (Å²) < 4.78 is 5.21. The van der Waals surface area contributed by atoms with Gasteiger partial charge in [0.05, 0.1) is 19.3 Å². The first kappa shape index (κ1) is 14.2. The van der Waals surface area contributed by atoms with E-state index in [-0.39, 0.29) is 18.6 Å². The fraction of sp³-hybridized carbons (Fsp3) is 0.500. The number of methoxy groups -OCH3 is 1. The van der Waals surface area contributed by atoms with Crippen LogP contribution in [-0.4, -0.2) is 42.2 Å². The second-order valence-corrected chi connectivity index (χ2v) is 5.09. The number of aliphatic hydroxyl groups excluding tert-OH is 1. The number of nitrogens with zero attached hydrogens (tertiary/aromatic N) is 1. The van der Waals surface area contributed by atoms with Crippen LogP contribution in [0.5, 0.6) is 5.75 Å². The summed E-state index contributed by atoms with van der Waals surface area (Å²) >= 11 is 5.95. The standard InChI is InChI=1S/C14H18ClNO3/c1-19-13-6-5-10(15)9-12(13)14(18)16(7-8-17)11-3-2-4-11/h5-6,9,11,17H,2-4,7-8H2,1H3. The lowest BCUT2D eigenvalue weighted by atomic mass is 9.91. The number of carbonyl (C=O) groups excluding carboxylic acids is 1. The molecule has 0 spiro atoms. The highest BCUT2D eigenvalue weighted by Crippen LogP contribution is 2.29. The van der Waals surface area contributed by atoms with E-state index in [0.29, 0.717) is 22.9 Å². The number of hydrogen-bond acceptors (Lipinski definition) is 3. The van der Waals surface area contributed by atoms with Crippen molar-refractivity contribution in [3.63, 3.8) is 0 Å². The van der Waals surface area contributed by atoms with Crippen molar-refractivity contribution in [1.82, 2.24) is 4.90 Å². The van der Waals surface area contributed by atoms with Gasteiger partial charge in [-0.05, 0) is 37.5 Å². The molecule has 1 aromatic carbocycles. The highest BCUT2D eigenvalue weighted by Gasteiger charge is 2.30. The average Bonchev–Trinajstić information content (AvgIpc) is 2.35.